The number of nitrogens with zero attached hydrogens (tertiary/aromatic N) is 2. The van der Waals surface area contributed by atoms with E-state index in [0.717, 1.165) is 38.6 Å². The van der Waals surface area contributed by atoms with Crippen LogP contribution in [-0.4, -0.2) is 52.3 Å². The van der Waals surface area contributed by atoms with E-state index in [1.165, 1.54) is 30.6 Å². The Hall–Kier alpha value is -1.59. The minimum atomic E-state index is -0.731. The number of piperidine rings is 1. The van der Waals surface area contributed by atoms with E-state index >= 15 is 0 Å². The van der Waals surface area contributed by atoms with Gasteiger partial charge in [0, 0.05) is 12.6 Å². The number of fused-ring (bicyclic) bond motifs is 1. The fourth-order valence-electron chi connectivity index (χ4n) is 5.47. The van der Waals surface area contributed by atoms with Crippen molar-refractivity contribution in [1.29, 1.82) is 0 Å². The minimum Gasteiger partial charge on any atom is -0.338 e. The van der Waals surface area contributed by atoms with Gasteiger partial charge in [0.25, 0.3) is 5.91 Å². The number of hydrogen-bond donors (Lipinski definition) is 1. The third-order valence-corrected chi connectivity index (χ3v) is 6.81. The van der Waals surface area contributed by atoms with Crippen molar-refractivity contribution >= 4 is 17.8 Å². The molecule has 0 unspecified atom stereocenters. The first-order valence-corrected chi connectivity index (χ1v) is 10.0. The van der Waals surface area contributed by atoms with Gasteiger partial charge in [-0.05, 0) is 44.4 Å². The highest BCUT2D eigenvalue weighted by Gasteiger charge is 2.52. The standard InChI is InChI=1S/C19H29N3O3/c23-16(21-12-6-8-14-7-2-3-9-15(14)21)13-22-17(24)19(20-18(22)25)10-4-1-5-11-19/h14-15H,1-13H2,(H,20,25)/t14-,15-/m1/s1. The van der Waals surface area contributed by atoms with E-state index in [1.807, 2.05) is 4.90 Å². The quantitative estimate of drug-likeness (QED) is 0.780. The van der Waals surface area contributed by atoms with Gasteiger partial charge in [-0.25, -0.2) is 4.79 Å². The molecule has 4 rings (SSSR count). The van der Waals surface area contributed by atoms with Crippen LogP contribution in [0.2, 0.25) is 0 Å². The molecular weight excluding hydrogens is 318 g/mol. The lowest BCUT2D eigenvalue weighted by Crippen LogP contribution is -2.53. The predicted octanol–water partition coefficient (Wildman–Crippen LogP) is 2.42. The highest BCUT2D eigenvalue weighted by molar-refractivity contribution is 6.09. The van der Waals surface area contributed by atoms with Crippen LogP contribution in [0.1, 0.15) is 70.6 Å². The molecule has 0 aromatic rings. The monoisotopic (exact) mass is 347 g/mol. The average Bonchev–Trinajstić information content (AvgIpc) is 2.86. The highest BCUT2D eigenvalue weighted by Crippen LogP contribution is 2.36. The fraction of sp³-hybridized carbons (Fsp3) is 0.842. The van der Waals surface area contributed by atoms with Gasteiger partial charge in [0.05, 0.1) is 0 Å². The van der Waals surface area contributed by atoms with Crippen molar-refractivity contribution in [3.63, 3.8) is 0 Å². The maximum absolute atomic E-state index is 12.9. The van der Waals surface area contributed by atoms with E-state index in [2.05, 4.69) is 5.32 Å². The van der Waals surface area contributed by atoms with Crippen molar-refractivity contribution in [2.24, 2.45) is 5.92 Å². The number of imide groups is 1. The van der Waals surface area contributed by atoms with Crippen LogP contribution < -0.4 is 5.32 Å². The molecule has 4 fully saturated rings. The minimum absolute atomic E-state index is 0.0482. The normalized spacial score (nSPS) is 31.8. The van der Waals surface area contributed by atoms with Gasteiger partial charge >= 0.3 is 6.03 Å². The molecule has 2 saturated carbocycles. The maximum Gasteiger partial charge on any atom is 0.325 e. The van der Waals surface area contributed by atoms with E-state index in [-0.39, 0.29) is 24.4 Å². The molecule has 1 spiro atoms. The van der Waals surface area contributed by atoms with E-state index < -0.39 is 5.54 Å². The third-order valence-electron chi connectivity index (χ3n) is 6.81. The maximum atomic E-state index is 12.9. The number of nitrogens with one attached hydrogen (secondary N) is 1. The number of amides is 4. The fourth-order valence-corrected chi connectivity index (χ4v) is 5.47. The van der Waals surface area contributed by atoms with Crippen molar-refractivity contribution in [3.05, 3.63) is 0 Å². The SMILES string of the molecule is O=C1NC2(CCCCC2)C(=O)N1CC(=O)N1CCC[C@H]2CCCC[C@H]21. The first-order chi connectivity index (χ1) is 12.1. The summed E-state index contributed by atoms with van der Waals surface area (Å²) in [7, 11) is 0. The number of urea groups is 1. The first-order valence-electron chi connectivity index (χ1n) is 10.0. The molecule has 2 aliphatic heterocycles. The van der Waals surface area contributed by atoms with Gasteiger partial charge < -0.3 is 10.2 Å². The lowest BCUT2D eigenvalue weighted by atomic mass is 9.78. The zero-order valence-electron chi connectivity index (χ0n) is 15.0. The van der Waals surface area contributed by atoms with Gasteiger partial charge in [0.2, 0.25) is 5.91 Å². The molecule has 0 bridgehead atoms. The molecule has 138 valence electrons. The second-order valence-corrected chi connectivity index (χ2v) is 8.31. The van der Waals surface area contributed by atoms with Gasteiger partial charge in [-0.2, -0.15) is 0 Å². The molecule has 1 N–H and O–H groups in total. The van der Waals surface area contributed by atoms with Gasteiger partial charge in [-0.3, -0.25) is 14.5 Å². The Morgan fingerprint density at radius 2 is 1.72 bits per heavy atom. The van der Waals surface area contributed by atoms with Crippen molar-refractivity contribution < 1.29 is 14.4 Å². The van der Waals surface area contributed by atoms with Crippen LogP contribution in [0.25, 0.3) is 0 Å². The highest BCUT2D eigenvalue weighted by atomic mass is 16.2. The zero-order chi connectivity index (χ0) is 17.4. The average molecular weight is 347 g/mol. The molecule has 2 saturated heterocycles. The second-order valence-electron chi connectivity index (χ2n) is 8.31. The van der Waals surface area contributed by atoms with Crippen LogP contribution in [-0.2, 0) is 9.59 Å². The molecule has 4 amide bonds. The Balaban J connectivity index is 1.45. The summed E-state index contributed by atoms with van der Waals surface area (Å²) in [6.07, 6.45) is 11.4. The molecule has 25 heavy (non-hydrogen) atoms. The van der Waals surface area contributed by atoms with Gasteiger partial charge in [0.1, 0.15) is 12.1 Å². The van der Waals surface area contributed by atoms with Crippen LogP contribution >= 0.6 is 0 Å². The topological polar surface area (TPSA) is 69.7 Å². The van der Waals surface area contributed by atoms with E-state index in [0.29, 0.717) is 24.8 Å². The Kier molecular flexibility index (Phi) is 4.46. The predicted molar refractivity (Wildman–Crippen MR) is 92.8 cm³/mol. The Morgan fingerprint density at radius 1 is 1.00 bits per heavy atom. The van der Waals surface area contributed by atoms with E-state index in [1.54, 1.807) is 0 Å². The zero-order valence-corrected chi connectivity index (χ0v) is 15.0. The molecule has 0 aromatic heterocycles. The summed E-state index contributed by atoms with van der Waals surface area (Å²) < 4.78 is 0. The van der Waals surface area contributed by atoms with Gasteiger partial charge in [-0.15, -0.1) is 0 Å². The molecule has 2 heterocycles. The number of hydrogen-bond acceptors (Lipinski definition) is 3. The van der Waals surface area contributed by atoms with Gasteiger partial charge in [-0.1, -0.05) is 32.1 Å². The smallest absolute Gasteiger partial charge is 0.325 e. The summed E-state index contributed by atoms with van der Waals surface area (Å²) in [5, 5.41) is 2.90. The summed E-state index contributed by atoms with van der Waals surface area (Å²) in [5.41, 5.74) is -0.731. The number of rotatable bonds is 2. The summed E-state index contributed by atoms with van der Waals surface area (Å²) in [4.78, 5) is 41.3. The largest absolute Gasteiger partial charge is 0.338 e. The lowest BCUT2D eigenvalue weighted by molar-refractivity contribution is -0.143. The summed E-state index contributed by atoms with van der Waals surface area (Å²) in [5.74, 6) is 0.384. The summed E-state index contributed by atoms with van der Waals surface area (Å²) in [6.45, 7) is 0.685. The molecular formula is C19H29N3O3. The van der Waals surface area contributed by atoms with Crippen LogP contribution in [0.15, 0.2) is 0 Å². The van der Waals surface area contributed by atoms with Crippen molar-refractivity contribution in [1.82, 2.24) is 15.1 Å². The van der Waals surface area contributed by atoms with E-state index in [4.69, 9.17) is 0 Å². The second kappa shape index (κ2) is 6.61. The van der Waals surface area contributed by atoms with E-state index in [9.17, 15) is 14.4 Å². The Bertz CT molecular complexity index is 568. The van der Waals surface area contributed by atoms with Crippen LogP contribution in [0, 0.1) is 5.92 Å². The summed E-state index contributed by atoms with van der Waals surface area (Å²) in [6, 6.07) is -0.0585. The summed E-state index contributed by atoms with van der Waals surface area (Å²) >= 11 is 0. The number of carbonyl (C=O) groups is 3. The first kappa shape index (κ1) is 16.9. The van der Waals surface area contributed by atoms with Crippen molar-refractivity contribution in [2.45, 2.75) is 82.2 Å². The van der Waals surface area contributed by atoms with Crippen molar-refractivity contribution in [3.8, 4) is 0 Å². The molecule has 2 atom stereocenters. The lowest BCUT2D eigenvalue weighted by Gasteiger charge is -2.44. The molecule has 0 radical (unpaired) electrons. The van der Waals surface area contributed by atoms with Crippen LogP contribution in [0.4, 0.5) is 4.79 Å². The van der Waals surface area contributed by atoms with Crippen LogP contribution in [0.5, 0.6) is 0 Å². The van der Waals surface area contributed by atoms with Crippen LogP contribution in [0.3, 0.4) is 0 Å². The third kappa shape index (κ3) is 2.93. The molecule has 6 nitrogen and oxygen atoms in total. The van der Waals surface area contributed by atoms with Gasteiger partial charge in [0.15, 0.2) is 0 Å². The molecule has 4 aliphatic rings. The van der Waals surface area contributed by atoms with Crippen molar-refractivity contribution in [2.75, 3.05) is 13.1 Å². The molecule has 2 aliphatic carbocycles. The number of carbonyl (C=O) groups excluding carboxylic acids is 3. The Morgan fingerprint density at radius 3 is 2.52 bits per heavy atom. The molecule has 6 heteroatoms. The molecule has 0 aromatic carbocycles. The Labute approximate surface area is 149 Å². The number of likely N-dealkylation sites (tertiary alicyclic amines) is 1.